The Morgan fingerprint density at radius 3 is 2.67 bits per heavy atom. The molecule has 2 fully saturated rings. The minimum absolute atomic E-state index is 0.181. The van der Waals surface area contributed by atoms with Gasteiger partial charge >= 0.3 is 0 Å². The van der Waals surface area contributed by atoms with Crippen LogP contribution in [0.25, 0.3) is 0 Å². The zero-order chi connectivity index (χ0) is 12.5. The number of hydrogen-bond acceptors (Lipinski definition) is 2. The average Bonchev–Trinajstić information content (AvgIpc) is 2.60. The lowest BCUT2D eigenvalue weighted by Gasteiger charge is -2.36. The van der Waals surface area contributed by atoms with E-state index in [9.17, 15) is 4.39 Å². The van der Waals surface area contributed by atoms with Crippen molar-refractivity contribution in [1.82, 2.24) is 4.90 Å². The number of rotatable bonds is 3. The largest absolute Gasteiger partial charge is 0.373 e. The summed E-state index contributed by atoms with van der Waals surface area (Å²) in [6.07, 6.45) is 5.22. The molecule has 2 heterocycles. The Bertz CT molecular complexity index is 409. The summed E-state index contributed by atoms with van der Waals surface area (Å²) in [4.78, 5) is 2.50. The van der Waals surface area contributed by atoms with E-state index < -0.39 is 0 Å². The summed E-state index contributed by atoms with van der Waals surface area (Å²) in [7, 11) is 2.23. The first kappa shape index (κ1) is 12.1. The maximum Gasteiger partial charge on any atom is 0.123 e. The van der Waals surface area contributed by atoms with Gasteiger partial charge in [-0.1, -0.05) is 12.1 Å². The zero-order valence-corrected chi connectivity index (χ0v) is 10.8. The van der Waals surface area contributed by atoms with E-state index in [-0.39, 0.29) is 5.82 Å². The molecule has 2 aliphatic heterocycles. The van der Waals surface area contributed by atoms with Crippen LogP contribution in [0.5, 0.6) is 0 Å². The van der Waals surface area contributed by atoms with E-state index >= 15 is 0 Å². The first-order valence-corrected chi connectivity index (χ1v) is 6.80. The Morgan fingerprint density at radius 1 is 1.28 bits per heavy atom. The Hall–Kier alpha value is -0.930. The van der Waals surface area contributed by atoms with Crippen LogP contribution in [-0.2, 0) is 11.3 Å². The highest BCUT2D eigenvalue weighted by Crippen LogP contribution is 2.35. The Labute approximate surface area is 108 Å². The van der Waals surface area contributed by atoms with Crippen molar-refractivity contribution < 1.29 is 9.13 Å². The molecule has 1 aromatic carbocycles. The molecule has 3 rings (SSSR count). The molecule has 0 N–H and O–H groups in total. The molecule has 0 aliphatic carbocycles. The molecule has 2 bridgehead atoms. The molecule has 2 nitrogen and oxygen atoms in total. The third-order valence-electron chi connectivity index (χ3n) is 4.43. The fourth-order valence-electron chi connectivity index (χ4n) is 3.34. The molecular weight excluding hydrogens is 229 g/mol. The van der Waals surface area contributed by atoms with Crippen LogP contribution in [0.3, 0.4) is 0 Å². The second-order valence-electron chi connectivity index (χ2n) is 5.58. The molecule has 1 aromatic rings. The predicted octanol–water partition coefficient (Wildman–Crippen LogP) is 2.97. The second-order valence-corrected chi connectivity index (χ2v) is 5.58. The Kier molecular flexibility index (Phi) is 3.35. The number of piperidine rings is 1. The summed E-state index contributed by atoms with van der Waals surface area (Å²) in [5.74, 6) is -0.181. The number of ether oxygens (including phenoxy) is 1. The molecule has 0 saturated carbocycles. The minimum Gasteiger partial charge on any atom is -0.373 e. The highest BCUT2D eigenvalue weighted by molar-refractivity contribution is 5.15. The maximum absolute atomic E-state index is 13.1. The van der Waals surface area contributed by atoms with Crippen molar-refractivity contribution >= 4 is 0 Å². The van der Waals surface area contributed by atoms with Gasteiger partial charge in [0.15, 0.2) is 0 Å². The van der Waals surface area contributed by atoms with Gasteiger partial charge in [0.2, 0.25) is 0 Å². The van der Waals surface area contributed by atoms with Crippen molar-refractivity contribution in [1.29, 1.82) is 0 Å². The van der Waals surface area contributed by atoms with Crippen LogP contribution < -0.4 is 0 Å². The van der Waals surface area contributed by atoms with Gasteiger partial charge in [-0.2, -0.15) is 0 Å². The van der Waals surface area contributed by atoms with E-state index in [0.29, 0.717) is 24.8 Å². The van der Waals surface area contributed by atoms with E-state index in [0.717, 1.165) is 18.4 Å². The van der Waals surface area contributed by atoms with Crippen LogP contribution in [0.1, 0.15) is 31.2 Å². The van der Waals surface area contributed by atoms with E-state index in [1.54, 1.807) is 12.1 Å². The van der Waals surface area contributed by atoms with Crippen molar-refractivity contribution in [2.45, 2.75) is 50.5 Å². The lowest BCUT2D eigenvalue weighted by atomic mass is 10.0. The molecule has 2 aliphatic rings. The van der Waals surface area contributed by atoms with Gasteiger partial charge in [-0.05, 0) is 50.4 Å². The number of nitrogens with zero attached hydrogens (tertiary/aromatic N) is 1. The van der Waals surface area contributed by atoms with Gasteiger partial charge in [-0.3, -0.25) is 0 Å². The van der Waals surface area contributed by atoms with Crippen molar-refractivity contribution in [3.8, 4) is 0 Å². The van der Waals surface area contributed by atoms with Crippen LogP contribution >= 0.6 is 0 Å². The van der Waals surface area contributed by atoms with Gasteiger partial charge in [0.05, 0.1) is 12.7 Å². The van der Waals surface area contributed by atoms with Crippen LogP contribution in [-0.4, -0.2) is 30.1 Å². The SMILES string of the molecule is CN1[C@@H]2CC[C@H]1CC(OCc1cccc(F)c1)C2. The van der Waals surface area contributed by atoms with E-state index in [1.165, 1.54) is 18.9 Å². The molecule has 1 unspecified atom stereocenters. The highest BCUT2D eigenvalue weighted by atomic mass is 19.1. The summed E-state index contributed by atoms with van der Waals surface area (Å²) in [6, 6.07) is 8.09. The first-order valence-electron chi connectivity index (χ1n) is 6.80. The highest BCUT2D eigenvalue weighted by Gasteiger charge is 2.38. The lowest BCUT2D eigenvalue weighted by Crippen LogP contribution is -2.42. The smallest absolute Gasteiger partial charge is 0.123 e. The molecule has 0 amide bonds. The molecular formula is C15H20FNO. The monoisotopic (exact) mass is 249 g/mol. The van der Waals surface area contributed by atoms with Crippen LogP contribution in [0.2, 0.25) is 0 Å². The van der Waals surface area contributed by atoms with Crippen molar-refractivity contribution in [3.05, 3.63) is 35.6 Å². The van der Waals surface area contributed by atoms with Gasteiger partial charge in [0, 0.05) is 12.1 Å². The number of benzene rings is 1. The molecule has 2 saturated heterocycles. The third-order valence-corrected chi connectivity index (χ3v) is 4.43. The fourth-order valence-corrected chi connectivity index (χ4v) is 3.34. The van der Waals surface area contributed by atoms with Gasteiger partial charge in [0.1, 0.15) is 5.82 Å². The summed E-state index contributed by atoms with van der Waals surface area (Å²) in [5, 5.41) is 0. The predicted molar refractivity (Wildman–Crippen MR) is 68.8 cm³/mol. The maximum atomic E-state index is 13.1. The Balaban J connectivity index is 1.55. The normalized spacial score (nSPS) is 31.8. The zero-order valence-electron chi connectivity index (χ0n) is 10.8. The minimum atomic E-state index is -0.181. The lowest BCUT2D eigenvalue weighted by molar-refractivity contribution is -0.0212. The van der Waals surface area contributed by atoms with Crippen LogP contribution in [0.4, 0.5) is 4.39 Å². The van der Waals surface area contributed by atoms with Gasteiger partial charge < -0.3 is 9.64 Å². The molecule has 3 atom stereocenters. The Morgan fingerprint density at radius 2 is 2.00 bits per heavy atom. The van der Waals surface area contributed by atoms with Gasteiger partial charge in [-0.25, -0.2) is 4.39 Å². The summed E-state index contributed by atoms with van der Waals surface area (Å²) in [6.45, 7) is 0.533. The van der Waals surface area contributed by atoms with Gasteiger partial charge in [0.25, 0.3) is 0 Å². The van der Waals surface area contributed by atoms with Crippen molar-refractivity contribution in [2.24, 2.45) is 0 Å². The molecule has 98 valence electrons. The number of hydrogen-bond donors (Lipinski definition) is 0. The topological polar surface area (TPSA) is 12.5 Å². The first-order chi connectivity index (χ1) is 8.72. The van der Waals surface area contributed by atoms with E-state index in [2.05, 4.69) is 11.9 Å². The fraction of sp³-hybridized carbons (Fsp3) is 0.600. The average molecular weight is 249 g/mol. The quantitative estimate of drug-likeness (QED) is 0.816. The third kappa shape index (κ3) is 2.43. The van der Waals surface area contributed by atoms with Crippen LogP contribution in [0.15, 0.2) is 24.3 Å². The second kappa shape index (κ2) is 4.98. The van der Waals surface area contributed by atoms with Gasteiger partial charge in [-0.15, -0.1) is 0 Å². The molecule has 0 spiro atoms. The standard InChI is InChI=1S/C15H20FNO/c1-17-13-5-6-14(17)9-15(8-13)18-10-11-3-2-4-12(16)7-11/h2-4,7,13-15H,5-6,8-10H2,1H3/t13-,14+,15?. The summed E-state index contributed by atoms with van der Waals surface area (Å²) in [5.41, 5.74) is 0.932. The van der Waals surface area contributed by atoms with E-state index in [4.69, 9.17) is 4.74 Å². The van der Waals surface area contributed by atoms with Crippen molar-refractivity contribution in [2.75, 3.05) is 7.05 Å². The molecule has 0 radical (unpaired) electrons. The molecule has 0 aromatic heterocycles. The molecule has 3 heteroatoms. The van der Waals surface area contributed by atoms with E-state index in [1.807, 2.05) is 6.07 Å². The summed E-state index contributed by atoms with van der Waals surface area (Å²) >= 11 is 0. The van der Waals surface area contributed by atoms with Crippen LogP contribution in [0, 0.1) is 5.82 Å². The number of fused-ring (bicyclic) bond motifs is 2. The number of halogens is 1. The summed E-state index contributed by atoms with van der Waals surface area (Å²) < 4.78 is 19.0. The van der Waals surface area contributed by atoms with Crippen molar-refractivity contribution in [3.63, 3.8) is 0 Å². The molecule has 18 heavy (non-hydrogen) atoms.